The van der Waals surface area contributed by atoms with Gasteiger partial charge in [0.1, 0.15) is 12.3 Å². The number of esters is 1. The van der Waals surface area contributed by atoms with E-state index < -0.39 is 5.41 Å². The van der Waals surface area contributed by atoms with Gasteiger partial charge >= 0.3 is 5.97 Å². The summed E-state index contributed by atoms with van der Waals surface area (Å²) in [4.78, 5) is 29.5. The molecular formula is C21H19ClN2O3. The van der Waals surface area contributed by atoms with Gasteiger partial charge in [-0.05, 0) is 49.1 Å². The molecule has 1 aliphatic rings. The van der Waals surface area contributed by atoms with E-state index in [2.05, 4.69) is 4.98 Å². The molecule has 5 nitrogen and oxygen atoms in total. The highest BCUT2D eigenvalue weighted by Crippen LogP contribution is 2.45. The van der Waals surface area contributed by atoms with Gasteiger partial charge in [-0.15, -0.1) is 0 Å². The lowest BCUT2D eigenvalue weighted by Crippen LogP contribution is -2.43. The van der Waals surface area contributed by atoms with Gasteiger partial charge in [-0.25, -0.2) is 4.98 Å². The molecule has 1 saturated carbocycles. The Bertz CT molecular complexity index is 1070. The number of hydrogen-bond donors (Lipinski definition) is 0. The average molecular weight is 383 g/mol. The molecular weight excluding hydrogens is 364 g/mol. The van der Waals surface area contributed by atoms with Gasteiger partial charge in [-0.3, -0.25) is 14.0 Å². The lowest BCUT2D eigenvalue weighted by molar-refractivity contribution is -0.156. The minimum Gasteiger partial charge on any atom is -0.458 e. The van der Waals surface area contributed by atoms with Crippen LogP contribution in [-0.4, -0.2) is 15.4 Å². The summed E-state index contributed by atoms with van der Waals surface area (Å²) < 4.78 is 7.05. The largest absolute Gasteiger partial charge is 0.458 e. The van der Waals surface area contributed by atoms with Crippen molar-refractivity contribution >= 4 is 23.2 Å². The van der Waals surface area contributed by atoms with Gasteiger partial charge in [0.2, 0.25) is 0 Å². The number of rotatable bonds is 4. The van der Waals surface area contributed by atoms with Crippen molar-refractivity contribution in [2.24, 2.45) is 0 Å². The van der Waals surface area contributed by atoms with Crippen molar-refractivity contribution in [1.29, 1.82) is 0 Å². The number of halogens is 1. The number of carbonyl (C=O) groups excluding carboxylic acids is 1. The van der Waals surface area contributed by atoms with E-state index in [-0.39, 0.29) is 18.1 Å². The first-order chi connectivity index (χ1) is 13.0. The summed E-state index contributed by atoms with van der Waals surface area (Å²) in [6.07, 6.45) is 4.22. The summed E-state index contributed by atoms with van der Waals surface area (Å²) in [6.45, 7) is 1.89. The smallest absolute Gasteiger partial charge is 0.316 e. The minimum atomic E-state index is -0.617. The second-order valence-corrected chi connectivity index (χ2v) is 7.48. The van der Waals surface area contributed by atoms with E-state index >= 15 is 0 Å². The molecule has 2 heterocycles. The highest BCUT2D eigenvalue weighted by Gasteiger charge is 2.47. The monoisotopic (exact) mass is 382 g/mol. The predicted molar refractivity (Wildman–Crippen MR) is 103 cm³/mol. The molecule has 1 fully saturated rings. The van der Waals surface area contributed by atoms with Gasteiger partial charge in [0.25, 0.3) is 5.56 Å². The Labute approximate surface area is 161 Å². The molecule has 0 N–H and O–H groups in total. The molecule has 0 amide bonds. The number of benzene rings is 1. The van der Waals surface area contributed by atoms with E-state index in [4.69, 9.17) is 16.3 Å². The number of hydrogen-bond acceptors (Lipinski definition) is 4. The number of aryl methyl sites for hydroxylation is 1. The molecule has 3 aromatic rings. The number of pyridine rings is 1. The zero-order valence-corrected chi connectivity index (χ0v) is 15.7. The van der Waals surface area contributed by atoms with E-state index in [0.717, 1.165) is 30.4 Å². The molecule has 2 aromatic heterocycles. The third kappa shape index (κ3) is 3.23. The normalized spacial score (nSPS) is 15.3. The number of fused-ring (bicyclic) bond motifs is 1. The van der Waals surface area contributed by atoms with E-state index in [1.807, 2.05) is 25.1 Å². The third-order valence-electron chi connectivity index (χ3n) is 5.21. The topological polar surface area (TPSA) is 60.7 Å². The summed E-state index contributed by atoms with van der Waals surface area (Å²) >= 11 is 5.96. The van der Waals surface area contributed by atoms with Crippen LogP contribution in [-0.2, 0) is 21.6 Å². The van der Waals surface area contributed by atoms with Crippen molar-refractivity contribution in [3.8, 4) is 0 Å². The average Bonchev–Trinajstić information content (AvgIpc) is 2.61. The highest BCUT2D eigenvalue weighted by molar-refractivity contribution is 6.30. The maximum Gasteiger partial charge on any atom is 0.316 e. The van der Waals surface area contributed by atoms with E-state index in [9.17, 15) is 9.59 Å². The van der Waals surface area contributed by atoms with Crippen LogP contribution in [0.15, 0.2) is 53.5 Å². The maximum absolute atomic E-state index is 12.8. The fraction of sp³-hybridized carbons (Fsp3) is 0.286. The summed E-state index contributed by atoms with van der Waals surface area (Å²) in [5, 5.41) is 0.637. The van der Waals surface area contributed by atoms with Gasteiger partial charge in [0.05, 0.1) is 11.1 Å². The van der Waals surface area contributed by atoms with Crippen molar-refractivity contribution in [2.45, 2.75) is 38.2 Å². The van der Waals surface area contributed by atoms with Crippen LogP contribution in [0.2, 0.25) is 5.02 Å². The van der Waals surface area contributed by atoms with Gasteiger partial charge in [0.15, 0.2) is 0 Å². The summed E-state index contributed by atoms with van der Waals surface area (Å²) in [5.74, 6) is -0.276. The molecule has 138 valence electrons. The second kappa shape index (κ2) is 6.82. The number of aromatic nitrogens is 2. The van der Waals surface area contributed by atoms with Crippen LogP contribution in [0.4, 0.5) is 0 Å². The first-order valence-electron chi connectivity index (χ1n) is 8.90. The second-order valence-electron chi connectivity index (χ2n) is 7.04. The Morgan fingerprint density at radius 2 is 1.96 bits per heavy atom. The Morgan fingerprint density at radius 1 is 1.22 bits per heavy atom. The van der Waals surface area contributed by atoms with Gasteiger partial charge < -0.3 is 4.74 Å². The summed E-state index contributed by atoms with van der Waals surface area (Å²) in [6, 6.07) is 12.4. The molecule has 27 heavy (non-hydrogen) atoms. The van der Waals surface area contributed by atoms with Crippen LogP contribution >= 0.6 is 11.6 Å². The molecule has 4 rings (SSSR count). The molecule has 0 atom stereocenters. The Morgan fingerprint density at radius 3 is 2.63 bits per heavy atom. The van der Waals surface area contributed by atoms with E-state index in [1.165, 1.54) is 10.5 Å². The van der Waals surface area contributed by atoms with Crippen LogP contribution < -0.4 is 5.56 Å². The lowest BCUT2D eigenvalue weighted by Gasteiger charge is -2.39. The van der Waals surface area contributed by atoms with Crippen molar-refractivity contribution in [3.05, 3.63) is 80.9 Å². The van der Waals surface area contributed by atoms with Crippen LogP contribution in [0.5, 0.6) is 0 Å². The van der Waals surface area contributed by atoms with Gasteiger partial charge in [-0.2, -0.15) is 0 Å². The highest BCUT2D eigenvalue weighted by atomic mass is 35.5. The lowest BCUT2D eigenvalue weighted by atomic mass is 9.64. The molecule has 1 aliphatic carbocycles. The molecule has 0 radical (unpaired) electrons. The predicted octanol–water partition coefficient (Wildman–Crippen LogP) is 3.82. The van der Waals surface area contributed by atoms with Crippen molar-refractivity contribution < 1.29 is 9.53 Å². The van der Waals surface area contributed by atoms with Crippen LogP contribution in [0, 0.1) is 6.92 Å². The maximum atomic E-state index is 12.8. The zero-order valence-electron chi connectivity index (χ0n) is 14.9. The van der Waals surface area contributed by atoms with Crippen molar-refractivity contribution in [3.63, 3.8) is 0 Å². The van der Waals surface area contributed by atoms with Crippen molar-refractivity contribution in [1.82, 2.24) is 9.38 Å². The molecule has 0 bridgehead atoms. The Balaban J connectivity index is 1.55. The molecule has 0 saturated heterocycles. The van der Waals surface area contributed by atoms with Crippen molar-refractivity contribution in [2.75, 3.05) is 0 Å². The van der Waals surface area contributed by atoms with Crippen LogP contribution in [0.1, 0.15) is 36.1 Å². The first kappa shape index (κ1) is 17.7. The van der Waals surface area contributed by atoms with E-state index in [0.29, 0.717) is 16.4 Å². The minimum absolute atomic E-state index is 0.0201. The summed E-state index contributed by atoms with van der Waals surface area (Å²) in [5.41, 5.74) is 2.07. The molecule has 1 aromatic carbocycles. The quantitative estimate of drug-likeness (QED) is 0.643. The third-order valence-corrected chi connectivity index (χ3v) is 5.46. The van der Waals surface area contributed by atoms with Crippen LogP contribution in [0.3, 0.4) is 0 Å². The standard InChI is InChI=1S/C21H19ClN2O3/c1-14-3-8-18-23-17(11-19(25)24(18)12-14)13-27-20(26)21(9-2-10-21)15-4-6-16(22)7-5-15/h3-8,11-12H,2,9-10,13H2,1H3. The van der Waals surface area contributed by atoms with Crippen LogP contribution in [0.25, 0.3) is 5.65 Å². The first-order valence-corrected chi connectivity index (χ1v) is 9.28. The molecule has 0 spiro atoms. The fourth-order valence-corrected chi connectivity index (χ4v) is 3.65. The molecule has 0 aliphatic heterocycles. The van der Waals surface area contributed by atoms with E-state index in [1.54, 1.807) is 24.4 Å². The number of nitrogens with zero attached hydrogens (tertiary/aromatic N) is 2. The van der Waals surface area contributed by atoms with Gasteiger partial charge in [0, 0.05) is 17.3 Å². The SMILES string of the molecule is Cc1ccc2nc(COC(=O)C3(c4ccc(Cl)cc4)CCC3)cc(=O)n2c1. The Kier molecular flexibility index (Phi) is 4.48. The molecule has 6 heteroatoms. The fourth-order valence-electron chi connectivity index (χ4n) is 3.52. The number of ether oxygens (including phenoxy) is 1. The Hall–Kier alpha value is -2.66. The van der Waals surface area contributed by atoms with Gasteiger partial charge in [-0.1, -0.05) is 36.2 Å². The number of carbonyl (C=O) groups is 1. The summed E-state index contributed by atoms with van der Waals surface area (Å²) in [7, 11) is 0. The molecule has 0 unspecified atom stereocenters. The zero-order chi connectivity index (χ0) is 19.0.